The van der Waals surface area contributed by atoms with E-state index in [0.29, 0.717) is 19.3 Å². The summed E-state index contributed by atoms with van der Waals surface area (Å²) in [4.78, 5) is 34.8. The third-order valence-corrected chi connectivity index (χ3v) is 5.17. The van der Waals surface area contributed by atoms with Crippen molar-refractivity contribution in [1.29, 1.82) is 0 Å². The predicted octanol–water partition coefficient (Wildman–Crippen LogP) is 0.520. The maximum atomic E-state index is 11.6. The van der Waals surface area contributed by atoms with Crippen molar-refractivity contribution in [3.63, 3.8) is 0 Å². The number of carboxylic acid groups (broad SMARTS) is 3. The molecule has 0 atom stereocenters. The molecular formula is C18H32N4O9. The summed E-state index contributed by atoms with van der Waals surface area (Å²) in [7, 11) is 1.25. The van der Waals surface area contributed by atoms with E-state index in [1.807, 2.05) is 0 Å². The van der Waals surface area contributed by atoms with Crippen LogP contribution < -0.4 is 0 Å². The first-order valence-corrected chi connectivity index (χ1v) is 10.0. The fourth-order valence-electron chi connectivity index (χ4n) is 3.67. The lowest BCUT2D eigenvalue weighted by Gasteiger charge is -2.42. The summed E-state index contributed by atoms with van der Waals surface area (Å²) in [6, 6.07) is 0. The lowest BCUT2D eigenvalue weighted by molar-refractivity contribution is -0.464. The Kier molecular flexibility index (Phi) is 9.77. The van der Waals surface area contributed by atoms with Gasteiger partial charge in [0.05, 0.1) is 31.5 Å². The molecule has 6 N–H and O–H groups in total. The molecule has 0 bridgehead atoms. The smallest absolute Gasteiger partial charge is 0.309 e. The number of aliphatic hydroxyl groups is 2. The Balaban J connectivity index is 3.68. The second kappa shape index (κ2) is 11.3. The number of rotatable bonds is 8. The molecule has 0 spiro atoms. The van der Waals surface area contributed by atoms with E-state index in [1.165, 1.54) is 7.05 Å². The second-order valence-electron chi connectivity index (χ2n) is 7.75. The number of hydrazine groups is 2. The van der Waals surface area contributed by atoms with Crippen LogP contribution in [0.15, 0.2) is 5.10 Å². The largest absolute Gasteiger partial charge is 0.481 e. The van der Waals surface area contributed by atoms with Crippen LogP contribution in [0.5, 0.6) is 0 Å². The van der Waals surface area contributed by atoms with Gasteiger partial charge in [-0.05, 0) is 24.4 Å². The molecule has 1 aliphatic rings. The molecule has 0 aromatic rings. The van der Waals surface area contributed by atoms with E-state index >= 15 is 0 Å². The molecule has 0 radical (unpaired) electrons. The van der Waals surface area contributed by atoms with Gasteiger partial charge in [0.15, 0.2) is 0 Å². The van der Waals surface area contributed by atoms with Crippen LogP contribution in [0.1, 0.15) is 64.7 Å². The normalized spacial score (nSPS) is 22.6. The Bertz CT molecular complexity index is 667. The van der Waals surface area contributed by atoms with Crippen LogP contribution in [0, 0.1) is 5.41 Å². The second-order valence-corrected chi connectivity index (χ2v) is 7.75. The highest BCUT2D eigenvalue weighted by molar-refractivity contribution is 6.04. The average Bonchev–Trinajstić information content (AvgIpc) is 2.63. The fourth-order valence-corrected chi connectivity index (χ4v) is 3.67. The van der Waals surface area contributed by atoms with Crippen molar-refractivity contribution in [3.05, 3.63) is 0 Å². The zero-order valence-electron chi connectivity index (χ0n) is 17.8. The molecule has 1 rings (SSSR count). The monoisotopic (exact) mass is 448 g/mol. The highest BCUT2D eigenvalue weighted by Crippen LogP contribution is 2.38. The van der Waals surface area contributed by atoms with Crippen LogP contribution in [-0.2, 0) is 14.4 Å². The minimum atomic E-state index is -2.62. The first-order chi connectivity index (χ1) is 14.3. The molecule has 0 amide bonds. The van der Waals surface area contributed by atoms with E-state index in [0.717, 1.165) is 10.2 Å². The third-order valence-electron chi connectivity index (χ3n) is 5.17. The number of hydrogen-bond donors (Lipinski definition) is 6. The first-order valence-electron chi connectivity index (χ1n) is 10.0. The van der Waals surface area contributed by atoms with Crippen molar-refractivity contribution in [2.24, 2.45) is 10.5 Å². The molecule has 0 aliphatic carbocycles. The Morgan fingerprint density at radius 3 is 2.00 bits per heavy atom. The van der Waals surface area contributed by atoms with Crippen molar-refractivity contribution in [1.82, 2.24) is 15.4 Å². The van der Waals surface area contributed by atoms with Crippen LogP contribution in [0.4, 0.5) is 0 Å². The standard InChI is InChI=1S/C18H32N4O9/c1-3-9-21-19-13(10-14(23)24)17(11-15(25)26,12-16(27)28)7-5-4-6-8-18(29,30)22(31)20(21)2/h29-31H,3-12H2,1-2H3,(H,23,24)(H,25,26)(H,27,28)/b19-13-. The Labute approximate surface area is 179 Å². The number of carboxylic acids is 3. The molecule has 0 unspecified atom stereocenters. The van der Waals surface area contributed by atoms with Gasteiger partial charge in [-0.15, -0.1) is 5.12 Å². The summed E-state index contributed by atoms with van der Waals surface area (Å²) < 4.78 is 0. The van der Waals surface area contributed by atoms with Gasteiger partial charge >= 0.3 is 17.9 Å². The summed E-state index contributed by atoms with van der Waals surface area (Å²) in [6.45, 7) is 1.84. The number of aliphatic carboxylic acids is 3. The van der Waals surface area contributed by atoms with E-state index in [1.54, 1.807) is 6.92 Å². The topological polar surface area (TPSA) is 195 Å². The lowest BCUT2D eigenvalue weighted by atomic mass is 9.71. The highest BCUT2D eigenvalue weighted by atomic mass is 16.7. The van der Waals surface area contributed by atoms with Gasteiger partial charge in [-0.1, -0.05) is 19.8 Å². The molecule has 0 saturated carbocycles. The van der Waals surface area contributed by atoms with Crippen molar-refractivity contribution in [2.45, 2.75) is 70.6 Å². The number of hydrogen-bond acceptors (Lipinski definition) is 10. The Morgan fingerprint density at radius 2 is 1.52 bits per heavy atom. The molecule has 0 fully saturated rings. The molecular weight excluding hydrogens is 416 g/mol. The van der Waals surface area contributed by atoms with Gasteiger partial charge in [0.1, 0.15) is 0 Å². The van der Waals surface area contributed by atoms with Crippen molar-refractivity contribution in [3.8, 4) is 0 Å². The average molecular weight is 448 g/mol. The van der Waals surface area contributed by atoms with Gasteiger partial charge in [0.2, 0.25) is 0 Å². The Hall–Kier alpha value is -2.32. The zero-order chi connectivity index (χ0) is 23.8. The van der Waals surface area contributed by atoms with E-state index in [-0.39, 0.29) is 36.7 Å². The Morgan fingerprint density at radius 1 is 0.968 bits per heavy atom. The minimum absolute atomic E-state index is 0.0358. The summed E-state index contributed by atoms with van der Waals surface area (Å²) in [6.07, 6.45) is -0.875. The van der Waals surface area contributed by atoms with Crippen LogP contribution >= 0.6 is 0 Å². The number of hydrazone groups is 1. The lowest BCUT2D eigenvalue weighted by Crippen LogP contribution is -2.59. The van der Waals surface area contributed by atoms with Gasteiger partial charge in [-0.25, -0.2) is 5.12 Å². The summed E-state index contributed by atoms with van der Waals surface area (Å²) in [5, 5.41) is 65.4. The van der Waals surface area contributed by atoms with Crippen LogP contribution in [0.3, 0.4) is 0 Å². The number of hydroxylamine groups is 1. The van der Waals surface area contributed by atoms with E-state index < -0.39 is 48.5 Å². The maximum Gasteiger partial charge on any atom is 0.309 e. The maximum absolute atomic E-state index is 11.6. The summed E-state index contributed by atoms with van der Waals surface area (Å²) >= 11 is 0. The van der Waals surface area contributed by atoms with Crippen LogP contribution in [-0.4, -0.2) is 89.3 Å². The molecule has 13 nitrogen and oxygen atoms in total. The van der Waals surface area contributed by atoms with Crippen LogP contribution in [0.25, 0.3) is 0 Å². The van der Waals surface area contributed by atoms with Crippen molar-refractivity contribution >= 4 is 23.6 Å². The zero-order valence-corrected chi connectivity index (χ0v) is 17.8. The van der Waals surface area contributed by atoms with Gasteiger partial charge < -0.3 is 25.5 Å². The van der Waals surface area contributed by atoms with E-state index in [2.05, 4.69) is 5.10 Å². The minimum Gasteiger partial charge on any atom is -0.481 e. The first kappa shape index (κ1) is 26.7. The molecule has 0 aromatic heterocycles. The highest BCUT2D eigenvalue weighted by Gasteiger charge is 2.43. The SMILES string of the molecule is CCCN1/N=C(/CC(=O)O)C(CC(=O)O)(CC(=O)O)CCCCCC(O)(O)N(O)N1C. The van der Waals surface area contributed by atoms with E-state index in [4.69, 9.17) is 0 Å². The van der Waals surface area contributed by atoms with Gasteiger partial charge in [-0.2, -0.15) is 5.10 Å². The quantitative estimate of drug-likeness (QED) is 0.282. The molecule has 1 aliphatic heterocycles. The fraction of sp³-hybridized carbons (Fsp3) is 0.778. The molecule has 0 saturated heterocycles. The molecule has 1 heterocycles. The van der Waals surface area contributed by atoms with Crippen LogP contribution in [0.2, 0.25) is 0 Å². The van der Waals surface area contributed by atoms with Gasteiger partial charge in [-0.3, -0.25) is 19.6 Å². The van der Waals surface area contributed by atoms with Gasteiger partial charge in [0, 0.05) is 18.9 Å². The summed E-state index contributed by atoms with van der Waals surface area (Å²) in [5.74, 6) is -6.54. The molecule has 0 aromatic carbocycles. The summed E-state index contributed by atoms with van der Waals surface area (Å²) in [5.41, 5.74) is -1.75. The van der Waals surface area contributed by atoms with E-state index in [9.17, 15) is 45.1 Å². The third kappa shape index (κ3) is 7.70. The molecule has 13 heteroatoms. The van der Waals surface area contributed by atoms with Gasteiger partial charge in [0.25, 0.3) is 5.91 Å². The molecule has 178 valence electrons. The van der Waals surface area contributed by atoms with Crippen molar-refractivity contribution in [2.75, 3.05) is 13.6 Å². The predicted molar refractivity (Wildman–Crippen MR) is 105 cm³/mol. The number of carbonyl (C=O) groups is 3. The number of nitrogens with zero attached hydrogens (tertiary/aromatic N) is 4. The molecule has 31 heavy (non-hydrogen) atoms. The van der Waals surface area contributed by atoms with Crippen molar-refractivity contribution < 1.29 is 45.1 Å².